The lowest BCUT2D eigenvalue weighted by Gasteiger charge is -2.25. The Morgan fingerprint density at radius 2 is 1.94 bits per heavy atom. The fourth-order valence-electron chi connectivity index (χ4n) is 2.10. The molecule has 1 unspecified atom stereocenters. The number of rotatable bonds is 1. The molecule has 2 heterocycles. The first-order chi connectivity index (χ1) is 7.93. The van der Waals surface area contributed by atoms with E-state index in [4.69, 9.17) is 4.74 Å². The van der Waals surface area contributed by atoms with Crippen molar-refractivity contribution in [3.63, 3.8) is 0 Å². The van der Waals surface area contributed by atoms with Crippen molar-refractivity contribution >= 4 is 0 Å². The van der Waals surface area contributed by atoms with Gasteiger partial charge in [0.25, 0.3) is 0 Å². The van der Waals surface area contributed by atoms with Crippen LogP contribution in [0.4, 0.5) is 0 Å². The van der Waals surface area contributed by atoms with Gasteiger partial charge in [0.05, 0.1) is 0 Å². The van der Waals surface area contributed by atoms with Crippen LogP contribution in [0.15, 0.2) is 48.7 Å². The highest BCUT2D eigenvalue weighted by Crippen LogP contribution is 2.32. The van der Waals surface area contributed by atoms with Crippen molar-refractivity contribution in [2.75, 3.05) is 0 Å². The van der Waals surface area contributed by atoms with Gasteiger partial charge in [0.1, 0.15) is 6.10 Å². The maximum atomic E-state index is 5.91. The summed E-state index contributed by atoms with van der Waals surface area (Å²) < 4.78 is 5.91. The third kappa shape index (κ3) is 1.67. The molecule has 0 saturated carbocycles. The Morgan fingerprint density at radius 3 is 2.81 bits per heavy atom. The summed E-state index contributed by atoms with van der Waals surface area (Å²) in [5, 5.41) is 0. The highest BCUT2D eigenvalue weighted by molar-refractivity contribution is 5.30. The fourth-order valence-corrected chi connectivity index (χ4v) is 2.10. The molecule has 1 atom stereocenters. The van der Waals surface area contributed by atoms with E-state index in [-0.39, 0.29) is 6.10 Å². The van der Waals surface area contributed by atoms with Gasteiger partial charge in [0, 0.05) is 11.8 Å². The fraction of sp³-hybridized carbons (Fsp3) is 0.214. The van der Waals surface area contributed by atoms with E-state index in [0.717, 1.165) is 18.7 Å². The number of pyridine rings is 1. The molecule has 2 heteroatoms. The standard InChI is InChI=1S/C14H13NO/c1-2-5-11(6-3-1)13-9-8-12-7-4-10-15-14(12)16-13/h1-7,10,13H,8-9H2. The Kier molecular flexibility index (Phi) is 2.33. The molecule has 0 amide bonds. The van der Waals surface area contributed by atoms with E-state index in [9.17, 15) is 0 Å². The Morgan fingerprint density at radius 1 is 1.06 bits per heavy atom. The van der Waals surface area contributed by atoms with Crippen LogP contribution in [0, 0.1) is 0 Å². The van der Waals surface area contributed by atoms with E-state index < -0.39 is 0 Å². The van der Waals surface area contributed by atoms with Crippen LogP contribution in [0.25, 0.3) is 0 Å². The molecule has 80 valence electrons. The zero-order valence-electron chi connectivity index (χ0n) is 8.97. The van der Waals surface area contributed by atoms with Gasteiger partial charge in [-0.15, -0.1) is 0 Å². The zero-order valence-corrected chi connectivity index (χ0v) is 8.97. The normalized spacial score (nSPS) is 18.6. The largest absolute Gasteiger partial charge is 0.469 e. The van der Waals surface area contributed by atoms with Crippen molar-refractivity contribution in [1.29, 1.82) is 0 Å². The molecule has 0 radical (unpaired) electrons. The number of hydrogen-bond acceptors (Lipinski definition) is 2. The first-order valence-electron chi connectivity index (χ1n) is 5.59. The minimum absolute atomic E-state index is 0.156. The van der Waals surface area contributed by atoms with E-state index in [0.29, 0.717) is 0 Å². The molecule has 1 aliphatic heterocycles. The van der Waals surface area contributed by atoms with Gasteiger partial charge in [-0.2, -0.15) is 0 Å². The summed E-state index contributed by atoms with van der Waals surface area (Å²) in [5.74, 6) is 0.794. The zero-order chi connectivity index (χ0) is 10.8. The molecular formula is C14H13NO. The van der Waals surface area contributed by atoms with Crippen molar-refractivity contribution in [3.05, 3.63) is 59.8 Å². The number of hydrogen-bond donors (Lipinski definition) is 0. The highest BCUT2D eigenvalue weighted by atomic mass is 16.5. The molecule has 2 nitrogen and oxygen atoms in total. The summed E-state index contributed by atoms with van der Waals surface area (Å²) in [6, 6.07) is 14.4. The smallest absolute Gasteiger partial charge is 0.217 e. The van der Waals surface area contributed by atoms with Crippen LogP contribution >= 0.6 is 0 Å². The minimum Gasteiger partial charge on any atom is -0.469 e. The number of nitrogens with zero attached hydrogens (tertiary/aromatic N) is 1. The Balaban J connectivity index is 1.89. The lowest BCUT2D eigenvalue weighted by Crippen LogP contribution is -2.15. The number of benzene rings is 1. The van der Waals surface area contributed by atoms with Crippen molar-refractivity contribution < 1.29 is 4.74 Å². The molecule has 3 rings (SSSR count). The number of aryl methyl sites for hydroxylation is 1. The van der Waals surface area contributed by atoms with E-state index in [1.807, 2.05) is 24.3 Å². The van der Waals surface area contributed by atoms with Crippen molar-refractivity contribution in [3.8, 4) is 5.88 Å². The van der Waals surface area contributed by atoms with Crippen LogP contribution in [0.1, 0.15) is 23.7 Å². The maximum absolute atomic E-state index is 5.91. The van der Waals surface area contributed by atoms with Gasteiger partial charge in [0.2, 0.25) is 5.88 Å². The Hall–Kier alpha value is -1.83. The molecule has 1 aromatic heterocycles. The van der Waals surface area contributed by atoms with Gasteiger partial charge < -0.3 is 4.74 Å². The monoisotopic (exact) mass is 211 g/mol. The quantitative estimate of drug-likeness (QED) is 0.723. The molecule has 0 bridgehead atoms. The molecule has 0 saturated heterocycles. The van der Waals surface area contributed by atoms with Crippen LogP contribution in [-0.4, -0.2) is 4.98 Å². The summed E-state index contributed by atoms with van der Waals surface area (Å²) in [6.07, 6.45) is 4.01. The van der Waals surface area contributed by atoms with Crippen LogP contribution in [0.3, 0.4) is 0 Å². The van der Waals surface area contributed by atoms with E-state index in [2.05, 4.69) is 23.2 Å². The molecule has 1 aromatic carbocycles. The van der Waals surface area contributed by atoms with E-state index in [1.54, 1.807) is 6.20 Å². The molecular weight excluding hydrogens is 198 g/mol. The van der Waals surface area contributed by atoms with Gasteiger partial charge in [-0.3, -0.25) is 0 Å². The van der Waals surface area contributed by atoms with Gasteiger partial charge in [0.15, 0.2) is 0 Å². The average molecular weight is 211 g/mol. The van der Waals surface area contributed by atoms with Gasteiger partial charge >= 0.3 is 0 Å². The van der Waals surface area contributed by atoms with Gasteiger partial charge in [-0.1, -0.05) is 36.4 Å². The topological polar surface area (TPSA) is 22.1 Å². The maximum Gasteiger partial charge on any atom is 0.217 e. The molecule has 0 fully saturated rings. The first-order valence-corrected chi connectivity index (χ1v) is 5.59. The second-order valence-corrected chi connectivity index (χ2v) is 4.02. The van der Waals surface area contributed by atoms with Gasteiger partial charge in [-0.05, 0) is 24.5 Å². The van der Waals surface area contributed by atoms with Crippen LogP contribution < -0.4 is 4.74 Å². The summed E-state index contributed by atoms with van der Waals surface area (Å²) >= 11 is 0. The lowest BCUT2D eigenvalue weighted by molar-refractivity contribution is 0.168. The highest BCUT2D eigenvalue weighted by Gasteiger charge is 2.21. The van der Waals surface area contributed by atoms with Crippen LogP contribution in [0.2, 0.25) is 0 Å². The first kappa shape index (κ1) is 9.40. The molecule has 16 heavy (non-hydrogen) atoms. The summed E-state index contributed by atoms with van der Waals surface area (Å²) in [6.45, 7) is 0. The van der Waals surface area contributed by atoms with Crippen molar-refractivity contribution in [2.24, 2.45) is 0 Å². The van der Waals surface area contributed by atoms with Crippen LogP contribution in [0.5, 0.6) is 5.88 Å². The molecule has 2 aromatic rings. The van der Waals surface area contributed by atoms with E-state index >= 15 is 0 Å². The summed E-state index contributed by atoms with van der Waals surface area (Å²) in [4.78, 5) is 4.27. The van der Waals surface area contributed by atoms with Crippen molar-refractivity contribution in [1.82, 2.24) is 4.98 Å². The average Bonchev–Trinajstić information content (AvgIpc) is 2.39. The second kappa shape index (κ2) is 3.97. The summed E-state index contributed by atoms with van der Waals surface area (Å²) in [5.41, 5.74) is 2.45. The molecule has 0 aliphatic carbocycles. The SMILES string of the molecule is c1ccc(C2CCc3cccnc3O2)cc1. The predicted octanol–water partition coefficient (Wildman–Crippen LogP) is 3.15. The van der Waals surface area contributed by atoms with E-state index in [1.165, 1.54) is 11.1 Å². The molecule has 0 N–H and O–H groups in total. The predicted molar refractivity (Wildman–Crippen MR) is 62.4 cm³/mol. The lowest BCUT2D eigenvalue weighted by atomic mass is 9.99. The molecule has 1 aliphatic rings. The van der Waals surface area contributed by atoms with Crippen LogP contribution in [-0.2, 0) is 6.42 Å². The number of ether oxygens (including phenoxy) is 1. The van der Waals surface area contributed by atoms with Crippen molar-refractivity contribution in [2.45, 2.75) is 18.9 Å². The second-order valence-electron chi connectivity index (χ2n) is 4.02. The third-order valence-corrected chi connectivity index (χ3v) is 2.95. The number of fused-ring (bicyclic) bond motifs is 1. The third-order valence-electron chi connectivity index (χ3n) is 2.95. The molecule has 0 spiro atoms. The Labute approximate surface area is 94.9 Å². The van der Waals surface area contributed by atoms with Gasteiger partial charge in [-0.25, -0.2) is 4.98 Å². The minimum atomic E-state index is 0.156. The summed E-state index contributed by atoms with van der Waals surface area (Å²) in [7, 11) is 0. The Bertz CT molecular complexity index is 481. The number of aromatic nitrogens is 1.